The summed E-state index contributed by atoms with van der Waals surface area (Å²) in [5.74, 6) is 0.293. The first-order valence-electron chi connectivity index (χ1n) is 12.7. The molecule has 0 bridgehead atoms. The molecule has 3 aromatic rings. The Balaban J connectivity index is 1.71. The van der Waals surface area contributed by atoms with Crippen LogP contribution in [0.5, 0.6) is 11.5 Å². The number of rotatable bonds is 12. The molecule has 1 unspecified atom stereocenters. The lowest BCUT2D eigenvalue weighted by Gasteiger charge is -2.27. The predicted octanol–water partition coefficient (Wildman–Crippen LogP) is 6.39. The number of Topliss-reactive ketones (excluding diaryl/α,β-unsaturated/α-hetero) is 1. The van der Waals surface area contributed by atoms with Crippen LogP contribution in [0, 0.1) is 5.92 Å². The molecule has 4 rings (SSSR count). The third-order valence-electron chi connectivity index (χ3n) is 6.31. The summed E-state index contributed by atoms with van der Waals surface area (Å²) < 4.78 is 11.9. The van der Waals surface area contributed by atoms with Crippen molar-refractivity contribution < 1.29 is 24.2 Å². The number of hydrogen-bond donors (Lipinski definition) is 1. The highest BCUT2D eigenvalue weighted by Gasteiger charge is 2.44. The molecule has 1 aliphatic heterocycles. The molecule has 0 saturated heterocycles. The van der Waals surface area contributed by atoms with E-state index in [1.165, 1.54) is 11.3 Å². The van der Waals surface area contributed by atoms with Gasteiger partial charge in [0.15, 0.2) is 17.3 Å². The number of ether oxygens (including phenoxy) is 2. The number of ketones is 1. The monoisotopic (exact) mass is 519 g/mol. The van der Waals surface area contributed by atoms with Gasteiger partial charge in [-0.1, -0.05) is 56.3 Å². The number of benzene rings is 2. The van der Waals surface area contributed by atoms with Crippen molar-refractivity contribution in [1.82, 2.24) is 4.90 Å². The van der Waals surface area contributed by atoms with E-state index in [2.05, 4.69) is 13.8 Å². The predicted molar refractivity (Wildman–Crippen MR) is 145 cm³/mol. The summed E-state index contributed by atoms with van der Waals surface area (Å²) in [6.07, 6.45) is 1.50. The molecular weight excluding hydrogens is 486 g/mol. The summed E-state index contributed by atoms with van der Waals surface area (Å²) in [6.45, 7) is 7.52. The second kappa shape index (κ2) is 12.1. The van der Waals surface area contributed by atoms with Gasteiger partial charge in [-0.05, 0) is 60.4 Å². The second-order valence-corrected chi connectivity index (χ2v) is 10.3. The maximum atomic E-state index is 13.5. The Labute approximate surface area is 222 Å². The smallest absolute Gasteiger partial charge is 0.290 e. The first-order valence-corrected chi connectivity index (χ1v) is 13.5. The van der Waals surface area contributed by atoms with E-state index >= 15 is 0 Å². The SMILES string of the molecule is CCOc1cc(C2C(C(=O)c3cccs3)=C(O)C(=O)N2CCc2ccccc2)ccc1OCCC(C)C. The Hall–Kier alpha value is -3.58. The molecule has 0 aliphatic carbocycles. The zero-order chi connectivity index (χ0) is 26.4. The van der Waals surface area contributed by atoms with Crippen LogP contribution in [0.4, 0.5) is 0 Å². The summed E-state index contributed by atoms with van der Waals surface area (Å²) in [6, 6.07) is 18.1. The van der Waals surface area contributed by atoms with Gasteiger partial charge in [-0.15, -0.1) is 11.3 Å². The van der Waals surface area contributed by atoms with Crippen molar-refractivity contribution in [2.24, 2.45) is 5.92 Å². The molecule has 1 N–H and O–H groups in total. The lowest BCUT2D eigenvalue weighted by Crippen LogP contribution is -2.33. The van der Waals surface area contributed by atoms with Gasteiger partial charge in [0.25, 0.3) is 5.91 Å². The Morgan fingerprint density at radius 1 is 1.05 bits per heavy atom. The van der Waals surface area contributed by atoms with E-state index in [1.807, 2.05) is 55.5 Å². The van der Waals surface area contributed by atoms with E-state index < -0.39 is 17.7 Å². The first-order chi connectivity index (χ1) is 17.9. The van der Waals surface area contributed by atoms with Crippen molar-refractivity contribution >= 4 is 23.0 Å². The number of aliphatic hydroxyl groups is 1. The average Bonchev–Trinajstić information content (AvgIpc) is 3.51. The van der Waals surface area contributed by atoms with E-state index in [9.17, 15) is 14.7 Å². The normalized spacial score (nSPS) is 15.5. The standard InChI is InChI=1S/C30H33NO5S/c1-4-35-24-19-22(12-13-23(24)36-17-15-20(2)3)27-26(28(32)25-11-8-18-37-25)29(33)30(34)31(27)16-14-21-9-6-5-7-10-21/h5-13,18-20,27,33H,4,14-17H2,1-3H3. The lowest BCUT2D eigenvalue weighted by atomic mass is 9.95. The minimum absolute atomic E-state index is 0.0939. The summed E-state index contributed by atoms with van der Waals surface area (Å²) in [4.78, 5) is 28.9. The highest BCUT2D eigenvalue weighted by Crippen LogP contribution is 2.42. The number of amides is 1. The summed E-state index contributed by atoms with van der Waals surface area (Å²) in [5.41, 5.74) is 1.84. The average molecular weight is 520 g/mol. The quantitative estimate of drug-likeness (QED) is 0.281. The Kier molecular flexibility index (Phi) is 8.66. The molecule has 37 heavy (non-hydrogen) atoms. The summed E-state index contributed by atoms with van der Waals surface area (Å²) in [7, 11) is 0. The highest BCUT2D eigenvalue weighted by molar-refractivity contribution is 7.12. The van der Waals surface area contributed by atoms with Crippen LogP contribution in [0.1, 0.15) is 54.0 Å². The highest BCUT2D eigenvalue weighted by atomic mass is 32.1. The molecular formula is C30H33NO5S. The minimum Gasteiger partial charge on any atom is -0.503 e. The van der Waals surface area contributed by atoms with Crippen LogP contribution in [-0.4, -0.2) is 41.5 Å². The van der Waals surface area contributed by atoms with E-state index in [4.69, 9.17) is 9.47 Å². The fourth-order valence-corrected chi connectivity index (χ4v) is 5.06. The van der Waals surface area contributed by atoms with Crippen LogP contribution in [0.15, 0.2) is 77.4 Å². The molecule has 2 aromatic carbocycles. The Morgan fingerprint density at radius 3 is 2.51 bits per heavy atom. The van der Waals surface area contributed by atoms with E-state index in [1.54, 1.807) is 22.4 Å². The van der Waals surface area contributed by atoms with Gasteiger partial charge in [-0.2, -0.15) is 0 Å². The van der Waals surface area contributed by atoms with Gasteiger partial charge in [0, 0.05) is 6.54 Å². The van der Waals surface area contributed by atoms with Crippen LogP contribution in [0.2, 0.25) is 0 Å². The largest absolute Gasteiger partial charge is 0.503 e. The van der Waals surface area contributed by atoms with Crippen molar-refractivity contribution in [2.45, 2.75) is 39.7 Å². The molecule has 194 valence electrons. The fourth-order valence-electron chi connectivity index (χ4n) is 4.38. The number of carbonyl (C=O) groups is 2. The molecule has 1 atom stereocenters. The van der Waals surface area contributed by atoms with Crippen molar-refractivity contribution in [3.8, 4) is 11.5 Å². The summed E-state index contributed by atoms with van der Waals surface area (Å²) in [5, 5.41) is 12.7. The van der Waals surface area contributed by atoms with Crippen molar-refractivity contribution in [2.75, 3.05) is 19.8 Å². The summed E-state index contributed by atoms with van der Waals surface area (Å²) >= 11 is 1.29. The third kappa shape index (κ3) is 6.05. The minimum atomic E-state index is -0.741. The molecule has 0 saturated carbocycles. The first kappa shape index (κ1) is 26.5. The van der Waals surface area contributed by atoms with Gasteiger partial charge in [0.05, 0.1) is 29.7 Å². The maximum absolute atomic E-state index is 13.5. The number of hydrogen-bond acceptors (Lipinski definition) is 6. The molecule has 1 amide bonds. The molecule has 1 aromatic heterocycles. The van der Waals surface area contributed by atoms with Gasteiger partial charge >= 0.3 is 0 Å². The van der Waals surface area contributed by atoms with E-state index in [0.717, 1.165) is 12.0 Å². The Morgan fingerprint density at radius 2 is 1.84 bits per heavy atom. The van der Waals surface area contributed by atoms with Crippen molar-refractivity contribution in [3.63, 3.8) is 0 Å². The zero-order valence-electron chi connectivity index (χ0n) is 21.5. The number of carbonyl (C=O) groups excluding carboxylic acids is 2. The van der Waals surface area contributed by atoms with Gasteiger partial charge < -0.3 is 19.5 Å². The van der Waals surface area contributed by atoms with E-state index in [0.29, 0.717) is 54.0 Å². The fraction of sp³-hybridized carbons (Fsp3) is 0.333. The molecule has 0 spiro atoms. The van der Waals surface area contributed by atoms with Crippen LogP contribution >= 0.6 is 11.3 Å². The van der Waals surface area contributed by atoms with Gasteiger partial charge in [0.1, 0.15) is 0 Å². The van der Waals surface area contributed by atoms with E-state index in [-0.39, 0.29) is 11.4 Å². The molecule has 0 radical (unpaired) electrons. The third-order valence-corrected chi connectivity index (χ3v) is 7.18. The molecule has 2 heterocycles. The van der Waals surface area contributed by atoms with Crippen LogP contribution in [-0.2, 0) is 11.2 Å². The van der Waals surface area contributed by atoms with Crippen molar-refractivity contribution in [3.05, 3.63) is 93.4 Å². The zero-order valence-corrected chi connectivity index (χ0v) is 22.3. The molecule has 1 aliphatic rings. The maximum Gasteiger partial charge on any atom is 0.290 e. The van der Waals surface area contributed by atoms with Crippen LogP contribution in [0.25, 0.3) is 0 Å². The Bertz CT molecular complexity index is 1250. The molecule has 7 heteroatoms. The molecule has 6 nitrogen and oxygen atoms in total. The lowest BCUT2D eigenvalue weighted by molar-refractivity contribution is -0.129. The van der Waals surface area contributed by atoms with Gasteiger partial charge in [-0.25, -0.2) is 0 Å². The number of thiophene rings is 1. The van der Waals surface area contributed by atoms with Crippen LogP contribution in [0.3, 0.4) is 0 Å². The number of aliphatic hydroxyl groups excluding tert-OH is 1. The van der Waals surface area contributed by atoms with Crippen LogP contribution < -0.4 is 9.47 Å². The van der Waals surface area contributed by atoms with Crippen molar-refractivity contribution in [1.29, 1.82) is 0 Å². The van der Waals surface area contributed by atoms with Gasteiger partial charge in [0.2, 0.25) is 5.78 Å². The van der Waals surface area contributed by atoms with Gasteiger partial charge in [-0.3, -0.25) is 9.59 Å². The molecule has 0 fully saturated rings. The topological polar surface area (TPSA) is 76.1 Å². The second-order valence-electron chi connectivity index (χ2n) is 9.38. The number of nitrogens with zero attached hydrogens (tertiary/aromatic N) is 1.